The first-order chi connectivity index (χ1) is 24.4. The summed E-state index contributed by atoms with van der Waals surface area (Å²) in [7, 11) is 14.6. The molecule has 0 radical (unpaired) electrons. The van der Waals surface area contributed by atoms with Gasteiger partial charge in [0.15, 0.2) is 34.5 Å². The molecule has 4 aromatic rings. The van der Waals surface area contributed by atoms with E-state index < -0.39 is 0 Å². The van der Waals surface area contributed by atoms with Gasteiger partial charge >= 0.3 is 0 Å². The second kappa shape index (κ2) is 14.5. The molecule has 0 bridgehead atoms. The van der Waals surface area contributed by atoms with Gasteiger partial charge in [0.1, 0.15) is 0 Å². The van der Waals surface area contributed by atoms with Crippen molar-refractivity contribution in [3.8, 4) is 62.9 Å². The third-order valence-corrected chi connectivity index (χ3v) is 9.31. The quantitative estimate of drug-likeness (QED) is 0.147. The molecule has 6 rings (SSSR count). The summed E-state index contributed by atoms with van der Waals surface area (Å²) >= 11 is 0. The zero-order valence-corrected chi connectivity index (χ0v) is 30.1. The van der Waals surface area contributed by atoms with Crippen LogP contribution < -0.4 is 42.6 Å². The molecule has 3 aromatic carbocycles. The van der Waals surface area contributed by atoms with Crippen molar-refractivity contribution < 1.29 is 42.6 Å². The third kappa shape index (κ3) is 5.99. The highest BCUT2D eigenvalue weighted by molar-refractivity contribution is 5.94. The predicted molar refractivity (Wildman–Crippen MR) is 194 cm³/mol. The van der Waals surface area contributed by atoms with Gasteiger partial charge in [-0.2, -0.15) is 0 Å². The molecule has 10 nitrogen and oxygen atoms in total. The van der Waals surface area contributed by atoms with E-state index in [0.717, 1.165) is 70.5 Å². The number of pyridine rings is 1. The second-order valence-electron chi connectivity index (χ2n) is 11.8. The van der Waals surface area contributed by atoms with E-state index in [4.69, 9.17) is 47.6 Å². The molecular formula is C40H43NO9. The molecule has 1 heterocycles. The van der Waals surface area contributed by atoms with Crippen LogP contribution in [0.5, 0.6) is 51.7 Å². The molecule has 0 unspecified atom stereocenters. The number of nitrogens with zero attached hydrogens (tertiary/aromatic N) is 1. The van der Waals surface area contributed by atoms with Crippen LogP contribution in [0.25, 0.3) is 34.4 Å². The Bertz CT molecular complexity index is 1810. The van der Waals surface area contributed by atoms with E-state index in [2.05, 4.69) is 12.2 Å². The molecule has 50 heavy (non-hydrogen) atoms. The summed E-state index contributed by atoms with van der Waals surface area (Å²) in [6.45, 7) is 0. The number of hydrogen-bond donors (Lipinski definition) is 0. The van der Waals surface area contributed by atoms with E-state index in [0.29, 0.717) is 51.7 Å². The van der Waals surface area contributed by atoms with Crippen molar-refractivity contribution in [2.45, 2.75) is 25.7 Å². The lowest BCUT2D eigenvalue weighted by molar-refractivity contribution is 0.324. The Balaban J connectivity index is 1.59. The second-order valence-corrected chi connectivity index (χ2v) is 11.8. The minimum absolute atomic E-state index is 0.547. The maximum absolute atomic E-state index is 5.79. The molecule has 0 fully saturated rings. The topological polar surface area (TPSA) is 96.0 Å². The average molecular weight is 682 g/mol. The van der Waals surface area contributed by atoms with E-state index in [1.165, 1.54) is 11.1 Å². The summed E-state index contributed by atoms with van der Waals surface area (Å²) in [5.74, 6) is 5.20. The fourth-order valence-corrected chi connectivity index (χ4v) is 7.07. The molecule has 0 amide bonds. The first kappa shape index (κ1) is 34.4. The average Bonchev–Trinajstić information content (AvgIpc) is 3.75. The summed E-state index contributed by atoms with van der Waals surface area (Å²) < 4.78 is 51.0. The molecule has 0 atom stereocenters. The number of benzene rings is 3. The van der Waals surface area contributed by atoms with Crippen molar-refractivity contribution >= 4 is 23.3 Å². The third-order valence-electron chi connectivity index (χ3n) is 9.31. The maximum atomic E-state index is 5.79. The number of methoxy groups -OCH3 is 9. The van der Waals surface area contributed by atoms with Gasteiger partial charge in [-0.05, 0) is 119 Å². The van der Waals surface area contributed by atoms with Crippen LogP contribution in [0.3, 0.4) is 0 Å². The largest absolute Gasteiger partial charge is 0.493 e. The smallest absolute Gasteiger partial charge is 0.203 e. The van der Waals surface area contributed by atoms with Gasteiger partial charge in [0.25, 0.3) is 0 Å². The van der Waals surface area contributed by atoms with E-state index in [1.807, 2.05) is 36.4 Å². The van der Waals surface area contributed by atoms with Crippen LogP contribution in [0, 0.1) is 0 Å². The van der Waals surface area contributed by atoms with Crippen molar-refractivity contribution in [3.63, 3.8) is 0 Å². The summed E-state index contributed by atoms with van der Waals surface area (Å²) in [4.78, 5) is 5.43. The van der Waals surface area contributed by atoms with Crippen LogP contribution in [0.1, 0.15) is 46.5 Å². The van der Waals surface area contributed by atoms with Gasteiger partial charge in [0.2, 0.25) is 17.2 Å². The van der Waals surface area contributed by atoms with Crippen LogP contribution in [0.15, 0.2) is 36.4 Å². The Kier molecular flexibility index (Phi) is 9.99. The van der Waals surface area contributed by atoms with Gasteiger partial charge in [0, 0.05) is 0 Å². The number of allylic oxidation sites excluding steroid dienone is 2. The molecule has 1 aromatic heterocycles. The highest BCUT2D eigenvalue weighted by Gasteiger charge is 2.32. The maximum Gasteiger partial charge on any atom is 0.203 e. The van der Waals surface area contributed by atoms with Gasteiger partial charge < -0.3 is 42.6 Å². The fourth-order valence-electron chi connectivity index (χ4n) is 7.07. The van der Waals surface area contributed by atoms with Crippen molar-refractivity contribution in [3.05, 3.63) is 70.0 Å². The SMILES string of the molecule is COc1cc(/C=C2\CCc3c2nc2c(c3-c3cc(OC)c(OC)c(OC)c3)CC/C2=C\c2cc(OC)c(OC)c(OC)c2)cc(OC)c1OC. The van der Waals surface area contributed by atoms with Crippen molar-refractivity contribution in [1.29, 1.82) is 0 Å². The van der Waals surface area contributed by atoms with Gasteiger partial charge in [-0.25, -0.2) is 4.98 Å². The lowest BCUT2D eigenvalue weighted by atomic mass is 9.92. The summed E-state index contributed by atoms with van der Waals surface area (Å²) in [6, 6.07) is 11.9. The number of rotatable bonds is 12. The monoisotopic (exact) mass is 681 g/mol. The van der Waals surface area contributed by atoms with Gasteiger partial charge in [-0.3, -0.25) is 0 Å². The molecule has 10 heteroatoms. The van der Waals surface area contributed by atoms with E-state index >= 15 is 0 Å². The number of fused-ring (bicyclic) bond motifs is 2. The molecule has 2 aliphatic carbocycles. The van der Waals surface area contributed by atoms with Gasteiger partial charge in [-0.15, -0.1) is 0 Å². The first-order valence-corrected chi connectivity index (χ1v) is 16.2. The van der Waals surface area contributed by atoms with Gasteiger partial charge in [-0.1, -0.05) is 0 Å². The number of ether oxygens (including phenoxy) is 9. The van der Waals surface area contributed by atoms with Crippen LogP contribution in [0.2, 0.25) is 0 Å². The van der Waals surface area contributed by atoms with E-state index in [-0.39, 0.29) is 0 Å². The molecule has 0 N–H and O–H groups in total. The Hall–Kier alpha value is -5.51. The number of aromatic nitrogens is 1. The van der Waals surface area contributed by atoms with Crippen molar-refractivity contribution in [1.82, 2.24) is 4.98 Å². The fraction of sp³-hybridized carbons (Fsp3) is 0.325. The predicted octanol–water partition coefficient (Wildman–Crippen LogP) is 7.80. The zero-order valence-electron chi connectivity index (χ0n) is 30.1. The standard InChI is InChI=1S/C40H43NO9/c1-42-29-16-22(17-30(43-2)38(29)48-7)14-24-10-12-27-35(26-20-33(46-5)40(50-9)34(21-26)47-6)28-13-11-25(37(28)41-36(24)27)15-23-18-31(44-3)39(49-8)32(19-23)45-4/h14-21H,10-13H2,1-9H3/b24-14+,25-15+. The molecule has 0 aliphatic heterocycles. The first-order valence-electron chi connectivity index (χ1n) is 16.2. The summed E-state index contributed by atoms with van der Waals surface area (Å²) in [5.41, 5.74) is 10.5. The van der Waals surface area contributed by atoms with E-state index in [1.54, 1.807) is 64.0 Å². The lowest BCUT2D eigenvalue weighted by Crippen LogP contribution is -2.02. The highest BCUT2D eigenvalue weighted by Crippen LogP contribution is 2.50. The van der Waals surface area contributed by atoms with Crippen molar-refractivity contribution in [2.24, 2.45) is 0 Å². The Morgan fingerprint density at radius 2 is 0.740 bits per heavy atom. The Morgan fingerprint density at radius 3 is 1.04 bits per heavy atom. The zero-order chi connectivity index (χ0) is 35.5. The van der Waals surface area contributed by atoms with Crippen LogP contribution in [0.4, 0.5) is 0 Å². The molecule has 0 saturated heterocycles. The van der Waals surface area contributed by atoms with Gasteiger partial charge in [0.05, 0.1) is 75.4 Å². The minimum Gasteiger partial charge on any atom is -0.493 e. The molecular weight excluding hydrogens is 638 g/mol. The Labute approximate surface area is 293 Å². The number of hydrogen-bond acceptors (Lipinski definition) is 10. The summed E-state index contributed by atoms with van der Waals surface area (Å²) in [5, 5.41) is 0. The summed E-state index contributed by atoms with van der Waals surface area (Å²) in [6.07, 6.45) is 7.59. The van der Waals surface area contributed by atoms with Crippen LogP contribution in [-0.4, -0.2) is 69.0 Å². The van der Waals surface area contributed by atoms with Crippen LogP contribution in [-0.2, 0) is 12.8 Å². The highest BCUT2D eigenvalue weighted by atomic mass is 16.5. The van der Waals surface area contributed by atoms with Crippen molar-refractivity contribution in [2.75, 3.05) is 64.0 Å². The molecule has 0 spiro atoms. The minimum atomic E-state index is 0.547. The van der Waals surface area contributed by atoms with Crippen LogP contribution >= 0.6 is 0 Å². The molecule has 0 saturated carbocycles. The molecule has 2 aliphatic rings. The lowest BCUT2D eigenvalue weighted by Gasteiger charge is -2.19. The normalized spacial score (nSPS) is 14.7. The molecule has 262 valence electrons. The Morgan fingerprint density at radius 1 is 0.420 bits per heavy atom. The van der Waals surface area contributed by atoms with E-state index in [9.17, 15) is 0 Å².